The minimum atomic E-state index is -0.101. The lowest BCUT2D eigenvalue weighted by Gasteiger charge is -2.38. The van der Waals surface area contributed by atoms with Gasteiger partial charge in [-0.05, 0) is 24.7 Å². The van der Waals surface area contributed by atoms with Crippen LogP contribution in [0.2, 0.25) is 0 Å². The summed E-state index contributed by atoms with van der Waals surface area (Å²) in [6.45, 7) is 6.02. The van der Waals surface area contributed by atoms with Crippen LogP contribution < -0.4 is 5.73 Å². The van der Waals surface area contributed by atoms with Crippen LogP contribution in [-0.4, -0.2) is 32.0 Å². The molecule has 2 rings (SSSR count). The molecule has 3 nitrogen and oxygen atoms in total. The first-order valence-electron chi connectivity index (χ1n) is 5.93. The molecule has 2 fully saturated rings. The van der Waals surface area contributed by atoms with E-state index < -0.39 is 0 Å². The Hall–Kier alpha value is -0.120. The molecule has 3 atom stereocenters. The van der Waals surface area contributed by atoms with Crippen LogP contribution in [0.1, 0.15) is 33.1 Å². The van der Waals surface area contributed by atoms with Crippen molar-refractivity contribution in [2.24, 2.45) is 17.1 Å². The van der Waals surface area contributed by atoms with Crippen molar-refractivity contribution < 1.29 is 9.47 Å². The summed E-state index contributed by atoms with van der Waals surface area (Å²) in [5, 5.41) is 0. The van der Waals surface area contributed by atoms with Gasteiger partial charge in [0, 0.05) is 25.7 Å². The van der Waals surface area contributed by atoms with E-state index in [9.17, 15) is 0 Å². The molecule has 1 aliphatic heterocycles. The van der Waals surface area contributed by atoms with E-state index in [4.69, 9.17) is 15.2 Å². The first-order valence-corrected chi connectivity index (χ1v) is 5.93. The Morgan fingerprint density at radius 3 is 2.47 bits per heavy atom. The van der Waals surface area contributed by atoms with Gasteiger partial charge in [0.1, 0.15) is 0 Å². The Labute approximate surface area is 92.3 Å². The molecule has 1 unspecified atom stereocenters. The van der Waals surface area contributed by atoms with E-state index in [-0.39, 0.29) is 17.1 Å². The highest BCUT2D eigenvalue weighted by Crippen LogP contribution is 2.59. The number of nitrogens with two attached hydrogens (primary N) is 1. The fourth-order valence-electron chi connectivity index (χ4n) is 3.25. The van der Waals surface area contributed by atoms with Gasteiger partial charge < -0.3 is 15.2 Å². The molecule has 0 spiro atoms. The molecule has 1 saturated heterocycles. The zero-order valence-corrected chi connectivity index (χ0v) is 10.1. The van der Waals surface area contributed by atoms with Gasteiger partial charge >= 0.3 is 0 Å². The van der Waals surface area contributed by atoms with Crippen LogP contribution in [0.3, 0.4) is 0 Å². The smallest absolute Gasteiger partial charge is 0.0963 e. The highest BCUT2D eigenvalue weighted by atomic mass is 16.5. The topological polar surface area (TPSA) is 44.5 Å². The summed E-state index contributed by atoms with van der Waals surface area (Å²) >= 11 is 0. The lowest BCUT2D eigenvalue weighted by molar-refractivity contribution is -0.135. The van der Waals surface area contributed by atoms with Crippen LogP contribution in [-0.2, 0) is 9.47 Å². The van der Waals surface area contributed by atoms with Crippen molar-refractivity contribution >= 4 is 0 Å². The molecule has 15 heavy (non-hydrogen) atoms. The predicted octanol–water partition coefficient (Wildman–Crippen LogP) is 1.56. The maximum absolute atomic E-state index is 6.16. The molecule has 1 saturated carbocycles. The van der Waals surface area contributed by atoms with Crippen LogP contribution in [0.15, 0.2) is 0 Å². The number of ether oxygens (including phenoxy) is 2. The average molecular weight is 213 g/mol. The van der Waals surface area contributed by atoms with Crippen molar-refractivity contribution in [2.75, 3.05) is 20.3 Å². The fourth-order valence-corrected chi connectivity index (χ4v) is 3.25. The zero-order valence-electron chi connectivity index (χ0n) is 10.1. The third-order valence-electron chi connectivity index (χ3n) is 4.25. The summed E-state index contributed by atoms with van der Waals surface area (Å²) in [5.41, 5.74) is 6.27. The normalized spacial score (nSPS) is 44.0. The summed E-state index contributed by atoms with van der Waals surface area (Å²) in [7, 11) is 1.75. The molecule has 0 aromatic carbocycles. The molecule has 1 aliphatic carbocycles. The van der Waals surface area contributed by atoms with E-state index in [1.807, 2.05) is 0 Å². The van der Waals surface area contributed by atoms with Gasteiger partial charge in [-0.1, -0.05) is 13.8 Å². The summed E-state index contributed by atoms with van der Waals surface area (Å²) < 4.78 is 11.4. The molecule has 0 aromatic rings. The molecule has 1 heterocycles. The average Bonchev–Trinajstić information content (AvgIpc) is 2.68. The number of hydrogen-bond donors (Lipinski definition) is 1. The zero-order chi connectivity index (χ0) is 11.1. The van der Waals surface area contributed by atoms with Gasteiger partial charge in [-0.2, -0.15) is 0 Å². The van der Waals surface area contributed by atoms with Crippen molar-refractivity contribution in [1.29, 1.82) is 0 Å². The van der Waals surface area contributed by atoms with E-state index in [0.29, 0.717) is 12.5 Å². The highest BCUT2D eigenvalue weighted by molar-refractivity contribution is 5.18. The second-order valence-electron chi connectivity index (χ2n) is 5.63. The van der Waals surface area contributed by atoms with E-state index in [1.165, 1.54) is 12.8 Å². The van der Waals surface area contributed by atoms with Crippen LogP contribution in [0, 0.1) is 11.3 Å². The Kier molecular flexibility index (Phi) is 2.82. The summed E-state index contributed by atoms with van der Waals surface area (Å²) in [4.78, 5) is 0. The van der Waals surface area contributed by atoms with Crippen LogP contribution in [0.25, 0.3) is 0 Å². The molecule has 0 bridgehead atoms. The highest BCUT2D eigenvalue weighted by Gasteiger charge is 2.65. The van der Waals surface area contributed by atoms with E-state index in [2.05, 4.69) is 13.8 Å². The molecule has 3 heteroatoms. The van der Waals surface area contributed by atoms with Gasteiger partial charge in [-0.25, -0.2) is 0 Å². The maximum Gasteiger partial charge on any atom is 0.0963 e. The lowest BCUT2D eigenvalue weighted by Crippen LogP contribution is -2.45. The van der Waals surface area contributed by atoms with Gasteiger partial charge in [-0.3, -0.25) is 0 Å². The predicted molar refractivity (Wildman–Crippen MR) is 59.7 cm³/mol. The van der Waals surface area contributed by atoms with Crippen molar-refractivity contribution in [1.82, 2.24) is 0 Å². The van der Waals surface area contributed by atoms with Crippen molar-refractivity contribution in [2.45, 2.75) is 44.8 Å². The summed E-state index contributed by atoms with van der Waals surface area (Å²) in [6, 6.07) is 0.269. The largest absolute Gasteiger partial charge is 0.382 e. The number of hydrogen-bond acceptors (Lipinski definition) is 3. The quantitative estimate of drug-likeness (QED) is 0.773. The SMILES string of the molecule is COCC1([C@@H]2[C@@H](N)C2(C)C)CCCCO1. The van der Waals surface area contributed by atoms with Crippen molar-refractivity contribution in [3.05, 3.63) is 0 Å². The Morgan fingerprint density at radius 2 is 2.07 bits per heavy atom. The first-order chi connectivity index (χ1) is 7.04. The Balaban J connectivity index is 2.13. The van der Waals surface area contributed by atoms with Crippen molar-refractivity contribution in [3.63, 3.8) is 0 Å². The molecular formula is C12H23NO2. The monoisotopic (exact) mass is 213 g/mol. The molecular weight excluding hydrogens is 190 g/mol. The van der Waals surface area contributed by atoms with E-state index >= 15 is 0 Å². The number of methoxy groups -OCH3 is 1. The van der Waals surface area contributed by atoms with Crippen molar-refractivity contribution in [3.8, 4) is 0 Å². The summed E-state index contributed by atoms with van der Waals surface area (Å²) in [5.74, 6) is 0.463. The fraction of sp³-hybridized carbons (Fsp3) is 1.00. The molecule has 0 amide bonds. The summed E-state index contributed by atoms with van der Waals surface area (Å²) in [6.07, 6.45) is 3.51. The number of rotatable bonds is 3. The molecule has 88 valence electrons. The molecule has 0 radical (unpaired) electrons. The Morgan fingerprint density at radius 1 is 1.40 bits per heavy atom. The van der Waals surface area contributed by atoms with Crippen LogP contribution in [0.5, 0.6) is 0 Å². The second-order valence-corrected chi connectivity index (χ2v) is 5.63. The van der Waals surface area contributed by atoms with Crippen LogP contribution in [0.4, 0.5) is 0 Å². The van der Waals surface area contributed by atoms with Gasteiger partial charge in [-0.15, -0.1) is 0 Å². The van der Waals surface area contributed by atoms with Gasteiger partial charge in [0.05, 0.1) is 12.2 Å². The first kappa shape index (κ1) is 11.4. The Bertz CT molecular complexity index is 228. The third-order valence-corrected chi connectivity index (χ3v) is 4.25. The standard InChI is InChI=1S/C12H23NO2/c1-11(2)9(10(11)13)12(8-14-3)6-4-5-7-15-12/h9-10H,4-8,13H2,1-3H3/t9-,10-,12?/m1/s1. The maximum atomic E-state index is 6.16. The van der Waals surface area contributed by atoms with E-state index in [0.717, 1.165) is 13.0 Å². The molecule has 0 aromatic heterocycles. The lowest BCUT2D eigenvalue weighted by atomic mass is 9.86. The van der Waals surface area contributed by atoms with Gasteiger partial charge in [0.2, 0.25) is 0 Å². The molecule has 2 N–H and O–H groups in total. The van der Waals surface area contributed by atoms with Gasteiger partial charge in [0.15, 0.2) is 0 Å². The van der Waals surface area contributed by atoms with E-state index in [1.54, 1.807) is 7.11 Å². The molecule has 2 aliphatic rings. The minimum Gasteiger partial charge on any atom is -0.382 e. The minimum absolute atomic E-state index is 0.101. The van der Waals surface area contributed by atoms with Gasteiger partial charge in [0.25, 0.3) is 0 Å². The third kappa shape index (κ3) is 1.71. The van der Waals surface area contributed by atoms with Crippen LogP contribution >= 0.6 is 0 Å². The second kappa shape index (κ2) is 3.72.